The van der Waals surface area contributed by atoms with Crippen LogP contribution in [-0.2, 0) is 6.54 Å². The molecule has 0 amide bonds. The largest absolute Gasteiger partial charge is 0.496 e. The molecule has 0 saturated carbocycles. The zero-order valence-electron chi connectivity index (χ0n) is 18.9. The third kappa shape index (κ3) is 4.56. The van der Waals surface area contributed by atoms with Gasteiger partial charge in [-0.25, -0.2) is 4.98 Å². The lowest BCUT2D eigenvalue weighted by atomic mass is 10.1. The molecule has 1 aromatic carbocycles. The van der Waals surface area contributed by atoms with Crippen LogP contribution in [0.2, 0.25) is 0 Å². The highest BCUT2D eigenvalue weighted by Gasteiger charge is 2.15. The van der Waals surface area contributed by atoms with E-state index in [4.69, 9.17) is 10.5 Å². The number of nitrogens with one attached hydrogen (secondary N) is 1. The predicted octanol–water partition coefficient (Wildman–Crippen LogP) is 2.85. The van der Waals surface area contributed by atoms with E-state index in [0.29, 0.717) is 29.1 Å². The van der Waals surface area contributed by atoms with Gasteiger partial charge in [0.2, 0.25) is 5.95 Å². The number of ether oxygens (including phenoxy) is 1. The number of hydrogen-bond donors (Lipinski definition) is 2. The third-order valence-electron chi connectivity index (χ3n) is 5.18. The van der Waals surface area contributed by atoms with Gasteiger partial charge in [-0.1, -0.05) is 17.9 Å². The number of nitrogen functional groups attached to an aromatic ring is 1. The van der Waals surface area contributed by atoms with Crippen molar-refractivity contribution >= 4 is 28.6 Å². The first kappa shape index (κ1) is 22.5. The molecule has 34 heavy (non-hydrogen) atoms. The van der Waals surface area contributed by atoms with Crippen molar-refractivity contribution in [3.8, 4) is 17.6 Å². The third-order valence-corrected chi connectivity index (χ3v) is 5.18. The van der Waals surface area contributed by atoms with Crippen molar-refractivity contribution in [2.75, 3.05) is 24.7 Å². The molecule has 0 radical (unpaired) electrons. The van der Waals surface area contributed by atoms with Crippen LogP contribution in [0.1, 0.15) is 22.4 Å². The number of hydrogen-bond acceptors (Lipinski definition) is 9. The van der Waals surface area contributed by atoms with E-state index in [9.17, 15) is 10.1 Å². The minimum absolute atomic E-state index is 0.00787. The molecule has 0 unspecified atom stereocenters. The molecule has 0 fully saturated rings. The van der Waals surface area contributed by atoms with Crippen molar-refractivity contribution in [2.45, 2.75) is 20.4 Å². The number of fused-ring (bicyclic) bond motifs is 1. The first-order valence-electron chi connectivity index (χ1n) is 10.3. The van der Waals surface area contributed by atoms with Crippen LogP contribution in [0.15, 0.2) is 36.8 Å². The molecule has 3 aromatic heterocycles. The number of pyridine rings is 1. The highest BCUT2D eigenvalue weighted by molar-refractivity contribution is 5.84. The zero-order chi connectivity index (χ0) is 24.2. The van der Waals surface area contributed by atoms with Gasteiger partial charge in [-0.3, -0.25) is 15.1 Å². The number of nitrogens with zero attached hydrogens (tertiary/aromatic N) is 6. The normalized spacial score (nSPS) is 10.6. The zero-order valence-corrected chi connectivity index (χ0v) is 18.9. The van der Waals surface area contributed by atoms with Crippen LogP contribution in [0.25, 0.3) is 11.2 Å². The van der Waals surface area contributed by atoms with Gasteiger partial charge < -0.3 is 20.4 Å². The molecule has 0 spiro atoms. The van der Waals surface area contributed by atoms with Crippen LogP contribution in [0, 0.1) is 35.8 Å². The molecule has 0 aliphatic carbocycles. The summed E-state index contributed by atoms with van der Waals surface area (Å²) in [6.07, 6.45) is 3.43. The summed E-state index contributed by atoms with van der Waals surface area (Å²) in [5.74, 6) is 7.16. The van der Waals surface area contributed by atoms with E-state index in [1.54, 1.807) is 31.8 Å². The van der Waals surface area contributed by atoms with E-state index >= 15 is 0 Å². The second-order valence-electron chi connectivity index (χ2n) is 7.48. The number of non-ortho nitro benzene ring substituents is 1. The van der Waals surface area contributed by atoms with Crippen LogP contribution >= 0.6 is 0 Å². The number of methoxy groups -OCH3 is 1. The van der Waals surface area contributed by atoms with Crippen LogP contribution in [0.3, 0.4) is 0 Å². The first-order valence-corrected chi connectivity index (χ1v) is 10.3. The fourth-order valence-corrected chi connectivity index (χ4v) is 3.56. The summed E-state index contributed by atoms with van der Waals surface area (Å²) in [6, 6.07) is 6.14. The van der Waals surface area contributed by atoms with Crippen LogP contribution < -0.4 is 15.8 Å². The molecule has 0 saturated heterocycles. The number of anilines is 2. The smallest absolute Gasteiger partial charge is 0.270 e. The van der Waals surface area contributed by atoms with Gasteiger partial charge in [-0.15, -0.1) is 0 Å². The maximum atomic E-state index is 10.9. The number of aromatic nitrogens is 5. The minimum atomic E-state index is -0.455. The molecule has 0 atom stereocenters. The fourth-order valence-electron chi connectivity index (χ4n) is 3.56. The Balaban J connectivity index is 1.56. The standard InChI is InChI=1S/C23H22N8O3/c1-14-11-26-18(15(2)20(14)34-3)12-30-13-27-19-21(28-23(24)29-22(19)30)25-9-5-7-16-6-4-8-17(10-16)31(32)33/h4,6,8,10-11,13H,9,12H2,1-3H3,(H3,24,25,28,29). The predicted molar refractivity (Wildman–Crippen MR) is 128 cm³/mol. The number of benzene rings is 1. The quantitative estimate of drug-likeness (QED) is 0.253. The highest BCUT2D eigenvalue weighted by Crippen LogP contribution is 2.26. The number of rotatable bonds is 6. The SMILES string of the molecule is COc1c(C)cnc(Cn2cnc3c(NCC#Cc4cccc([N+](=O)[O-])c4)nc(N)nc32)c1C. The fraction of sp³-hybridized carbons (Fsp3) is 0.217. The molecule has 3 N–H and O–H groups in total. The van der Waals surface area contributed by atoms with E-state index in [1.807, 2.05) is 18.4 Å². The molecule has 172 valence electrons. The lowest BCUT2D eigenvalue weighted by molar-refractivity contribution is -0.384. The first-order chi connectivity index (χ1) is 16.4. The summed E-state index contributed by atoms with van der Waals surface area (Å²) in [5.41, 5.74) is 10.3. The highest BCUT2D eigenvalue weighted by atomic mass is 16.6. The number of imidazole rings is 1. The Hall–Kier alpha value is -4.72. The molecule has 3 heterocycles. The Labute approximate surface area is 195 Å². The summed E-state index contributed by atoms with van der Waals surface area (Å²) in [4.78, 5) is 28.0. The summed E-state index contributed by atoms with van der Waals surface area (Å²) in [7, 11) is 1.64. The van der Waals surface area contributed by atoms with Crippen molar-refractivity contribution in [2.24, 2.45) is 0 Å². The molecular formula is C23H22N8O3. The number of nitrogens with two attached hydrogens (primary N) is 1. The van der Waals surface area contributed by atoms with Gasteiger partial charge in [0.05, 0.1) is 37.1 Å². The van der Waals surface area contributed by atoms with Crippen LogP contribution in [-0.4, -0.2) is 43.1 Å². The van der Waals surface area contributed by atoms with Crippen molar-refractivity contribution < 1.29 is 9.66 Å². The molecule has 0 aliphatic heterocycles. The van der Waals surface area contributed by atoms with Gasteiger partial charge in [0.1, 0.15) is 5.75 Å². The Morgan fingerprint density at radius 1 is 1.26 bits per heavy atom. The number of nitro groups is 1. The molecule has 11 nitrogen and oxygen atoms in total. The van der Waals surface area contributed by atoms with Gasteiger partial charge in [0.15, 0.2) is 17.0 Å². The average Bonchev–Trinajstić information content (AvgIpc) is 3.21. The van der Waals surface area contributed by atoms with Gasteiger partial charge in [-0.05, 0) is 19.9 Å². The topological polar surface area (TPSA) is 147 Å². The van der Waals surface area contributed by atoms with Gasteiger partial charge in [0.25, 0.3) is 5.69 Å². The minimum Gasteiger partial charge on any atom is -0.496 e. The summed E-state index contributed by atoms with van der Waals surface area (Å²) < 4.78 is 7.34. The molecule has 4 aromatic rings. The average molecular weight is 458 g/mol. The summed E-state index contributed by atoms with van der Waals surface area (Å²) in [5, 5.41) is 14.0. The second-order valence-corrected chi connectivity index (χ2v) is 7.48. The maximum absolute atomic E-state index is 10.9. The lowest BCUT2D eigenvalue weighted by Gasteiger charge is -2.13. The lowest BCUT2D eigenvalue weighted by Crippen LogP contribution is -2.08. The maximum Gasteiger partial charge on any atom is 0.270 e. The van der Waals surface area contributed by atoms with Crippen LogP contribution in [0.4, 0.5) is 17.5 Å². The number of nitro benzene ring substituents is 1. The Bertz CT molecular complexity index is 1450. The molecule has 11 heteroatoms. The molecule has 4 rings (SSSR count). The second kappa shape index (κ2) is 9.41. The Morgan fingerprint density at radius 2 is 2.09 bits per heavy atom. The Morgan fingerprint density at radius 3 is 2.85 bits per heavy atom. The van der Waals surface area contributed by atoms with Gasteiger partial charge >= 0.3 is 0 Å². The van der Waals surface area contributed by atoms with Crippen molar-refractivity contribution in [1.82, 2.24) is 24.5 Å². The van der Waals surface area contributed by atoms with E-state index in [-0.39, 0.29) is 18.2 Å². The molecule has 0 aliphatic rings. The monoisotopic (exact) mass is 458 g/mol. The van der Waals surface area contributed by atoms with Crippen LogP contribution in [0.5, 0.6) is 5.75 Å². The summed E-state index contributed by atoms with van der Waals surface area (Å²) in [6.45, 7) is 4.57. The van der Waals surface area contributed by atoms with Crippen molar-refractivity contribution in [1.29, 1.82) is 0 Å². The van der Waals surface area contributed by atoms with E-state index in [2.05, 4.69) is 37.1 Å². The molecular weight excluding hydrogens is 436 g/mol. The molecule has 0 bridgehead atoms. The van der Waals surface area contributed by atoms with Crippen molar-refractivity contribution in [3.05, 3.63) is 69.3 Å². The number of aryl methyl sites for hydroxylation is 1. The van der Waals surface area contributed by atoms with Gasteiger partial charge in [-0.2, -0.15) is 9.97 Å². The Kier molecular flexibility index (Phi) is 6.22. The van der Waals surface area contributed by atoms with E-state index in [0.717, 1.165) is 22.6 Å². The summed E-state index contributed by atoms with van der Waals surface area (Å²) >= 11 is 0. The van der Waals surface area contributed by atoms with Crippen molar-refractivity contribution in [3.63, 3.8) is 0 Å². The van der Waals surface area contributed by atoms with E-state index < -0.39 is 4.92 Å². The van der Waals surface area contributed by atoms with E-state index in [1.165, 1.54) is 12.1 Å². The van der Waals surface area contributed by atoms with Gasteiger partial charge in [0, 0.05) is 35.0 Å².